The molecule has 29 heavy (non-hydrogen) atoms. The first-order valence-corrected chi connectivity index (χ1v) is 9.60. The minimum atomic E-state index is -0.766. The molecule has 0 saturated heterocycles. The molecule has 0 unspecified atom stereocenters. The molecule has 0 fully saturated rings. The van der Waals surface area contributed by atoms with Crippen molar-refractivity contribution in [3.8, 4) is 22.8 Å². The van der Waals surface area contributed by atoms with Crippen LogP contribution >= 0.6 is 15.9 Å². The maximum atomic E-state index is 12.8. The third-order valence-corrected chi connectivity index (χ3v) is 4.98. The number of para-hydroxylation sites is 2. The zero-order chi connectivity index (χ0) is 20.5. The number of aromatic nitrogens is 4. The lowest BCUT2D eigenvalue weighted by Gasteiger charge is -2.11. The summed E-state index contributed by atoms with van der Waals surface area (Å²) < 4.78 is 7.76. The minimum absolute atomic E-state index is 0.0644. The molecule has 3 N–H and O–H groups in total. The molecule has 0 aliphatic heterocycles. The minimum Gasteiger partial charge on any atom is -0.492 e. The summed E-state index contributed by atoms with van der Waals surface area (Å²) in [6.07, 6.45) is 0. The van der Waals surface area contributed by atoms with E-state index in [0.29, 0.717) is 23.6 Å². The van der Waals surface area contributed by atoms with E-state index in [0.717, 1.165) is 4.47 Å². The summed E-state index contributed by atoms with van der Waals surface area (Å²) in [5.74, 6) is 0.0114. The Morgan fingerprint density at radius 2 is 1.90 bits per heavy atom. The largest absolute Gasteiger partial charge is 0.492 e. The number of H-pyrrole nitrogens is 1. The summed E-state index contributed by atoms with van der Waals surface area (Å²) in [5, 5.41) is 0. The first kappa shape index (κ1) is 18.9. The third-order valence-electron chi connectivity index (χ3n) is 4.29. The predicted octanol–water partition coefficient (Wildman–Crippen LogP) is 3.04. The second kappa shape index (κ2) is 7.51. The van der Waals surface area contributed by atoms with Crippen LogP contribution < -0.4 is 16.2 Å². The predicted molar refractivity (Wildman–Crippen MR) is 112 cm³/mol. The second-order valence-corrected chi connectivity index (χ2v) is 6.96. The summed E-state index contributed by atoms with van der Waals surface area (Å²) in [6.45, 7) is 2.28. The number of aromatic amines is 1. The van der Waals surface area contributed by atoms with E-state index in [2.05, 4.69) is 30.9 Å². The van der Waals surface area contributed by atoms with Gasteiger partial charge in [0.25, 0.3) is 5.91 Å². The average Bonchev–Trinajstić information content (AvgIpc) is 3.03. The number of benzene rings is 2. The highest BCUT2D eigenvalue weighted by atomic mass is 79.9. The zero-order valence-corrected chi connectivity index (χ0v) is 16.9. The molecule has 0 atom stereocenters. The number of primary amides is 1. The van der Waals surface area contributed by atoms with Gasteiger partial charge in [-0.05, 0) is 25.1 Å². The third kappa shape index (κ3) is 3.29. The first-order chi connectivity index (χ1) is 14.0. The summed E-state index contributed by atoms with van der Waals surface area (Å²) in [6, 6.07) is 14.4. The van der Waals surface area contributed by atoms with Gasteiger partial charge >= 0.3 is 5.69 Å². The van der Waals surface area contributed by atoms with Crippen molar-refractivity contribution in [2.75, 3.05) is 6.61 Å². The molecule has 2 aromatic heterocycles. The van der Waals surface area contributed by atoms with Crippen LogP contribution in [0.2, 0.25) is 0 Å². The van der Waals surface area contributed by atoms with E-state index in [1.807, 2.05) is 31.2 Å². The number of ether oxygens (including phenoxy) is 1. The van der Waals surface area contributed by atoms with E-state index in [9.17, 15) is 9.59 Å². The normalized spacial score (nSPS) is 11.0. The molecule has 0 aliphatic rings. The Balaban J connectivity index is 2.08. The Kier molecular flexibility index (Phi) is 4.89. The fourth-order valence-corrected chi connectivity index (χ4v) is 3.53. The van der Waals surface area contributed by atoms with E-state index in [1.54, 1.807) is 24.3 Å². The van der Waals surface area contributed by atoms with Crippen molar-refractivity contribution in [3.63, 3.8) is 0 Å². The molecule has 146 valence electrons. The van der Waals surface area contributed by atoms with E-state index >= 15 is 0 Å². The number of hydrogen-bond donors (Lipinski definition) is 2. The molecule has 0 aliphatic carbocycles. The number of carbonyl (C=O) groups is 1. The quantitative estimate of drug-likeness (QED) is 0.481. The Bertz CT molecular complexity index is 1300. The molecule has 4 rings (SSSR count). The maximum absolute atomic E-state index is 12.8. The van der Waals surface area contributed by atoms with Crippen LogP contribution in [0.15, 0.2) is 57.8 Å². The van der Waals surface area contributed by atoms with Crippen LogP contribution in [-0.4, -0.2) is 32.0 Å². The van der Waals surface area contributed by atoms with E-state index < -0.39 is 11.6 Å². The van der Waals surface area contributed by atoms with Crippen LogP contribution in [0.25, 0.3) is 28.2 Å². The standard InChI is InChI=1S/C20H16BrN5O3/c1-2-29-14-10-6-5-9-13(14)26-19-16(24-20(26)28)15(17(22)27)23-18(25-19)11-7-3-4-8-12(11)21/h3-10H,2H2,1H3,(H2,22,27)(H,24,28). The van der Waals surface area contributed by atoms with E-state index in [-0.39, 0.29) is 22.7 Å². The average molecular weight is 454 g/mol. The molecular formula is C20H16BrN5O3. The number of nitrogens with two attached hydrogens (primary N) is 1. The van der Waals surface area contributed by atoms with Crippen molar-refractivity contribution in [3.05, 3.63) is 69.2 Å². The van der Waals surface area contributed by atoms with Gasteiger partial charge in [-0.25, -0.2) is 19.3 Å². The topological polar surface area (TPSA) is 116 Å². The Morgan fingerprint density at radius 3 is 2.62 bits per heavy atom. The number of carbonyl (C=O) groups excluding carboxylic acids is 1. The summed E-state index contributed by atoms with van der Waals surface area (Å²) in [4.78, 5) is 36.4. The van der Waals surface area contributed by atoms with Gasteiger partial charge in [-0.1, -0.05) is 46.3 Å². The van der Waals surface area contributed by atoms with Gasteiger partial charge < -0.3 is 15.5 Å². The molecule has 0 saturated carbocycles. The molecule has 8 nitrogen and oxygen atoms in total. The van der Waals surface area contributed by atoms with Crippen molar-refractivity contribution in [1.82, 2.24) is 19.5 Å². The molecule has 0 bridgehead atoms. The van der Waals surface area contributed by atoms with Crippen LogP contribution in [-0.2, 0) is 0 Å². The highest BCUT2D eigenvalue weighted by Crippen LogP contribution is 2.29. The zero-order valence-electron chi connectivity index (χ0n) is 15.3. The van der Waals surface area contributed by atoms with Crippen LogP contribution in [0.1, 0.15) is 17.4 Å². The van der Waals surface area contributed by atoms with Crippen LogP contribution in [0.5, 0.6) is 5.75 Å². The van der Waals surface area contributed by atoms with Gasteiger partial charge in [-0.3, -0.25) is 4.79 Å². The Morgan fingerprint density at radius 1 is 1.17 bits per heavy atom. The first-order valence-electron chi connectivity index (χ1n) is 8.81. The van der Waals surface area contributed by atoms with Crippen LogP contribution in [0.3, 0.4) is 0 Å². The van der Waals surface area contributed by atoms with E-state index in [1.165, 1.54) is 4.57 Å². The molecule has 1 amide bonds. The van der Waals surface area contributed by atoms with Gasteiger partial charge in [0.05, 0.1) is 12.3 Å². The summed E-state index contributed by atoms with van der Waals surface area (Å²) in [5.41, 5.74) is 6.56. The van der Waals surface area contributed by atoms with Crippen molar-refractivity contribution in [2.45, 2.75) is 6.92 Å². The number of halogens is 1. The second-order valence-electron chi connectivity index (χ2n) is 6.10. The van der Waals surface area contributed by atoms with Crippen LogP contribution in [0.4, 0.5) is 0 Å². The van der Waals surface area contributed by atoms with Gasteiger partial charge in [0.2, 0.25) is 0 Å². The van der Waals surface area contributed by atoms with Gasteiger partial charge in [0, 0.05) is 10.0 Å². The number of hydrogen-bond acceptors (Lipinski definition) is 5. The van der Waals surface area contributed by atoms with Crippen molar-refractivity contribution < 1.29 is 9.53 Å². The number of amides is 1. The number of fused-ring (bicyclic) bond motifs is 1. The smallest absolute Gasteiger partial charge is 0.332 e. The number of rotatable bonds is 5. The number of imidazole rings is 1. The number of nitrogens with zero attached hydrogens (tertiary/aromatic N) is 3. The maximum Gasteiger partial charge on any atom is 0.332 e. The molecule has 9 heteroatoms. The SMILES string of the molecule is CCOc1ccccc1-n1c(=O)[nH]c2c(C(N)=O)nc(-c3ccccc3Br)nc21. The van der Waals surface area contributed by atoms with Gasteiger partial charge in [0.1, 0.15) is 11.3 Å². The molecule has 2 aromatic carbocycles. The van der Waals surface area contributed by atoms with E-state index in [4.69, 9.17) is 10.5 Å². The van der Waals surface area contributed by atoms with Gasteiger partial charge in [-0.2, -0.15) is 0 Å². The molecule has 0 radical (unpaired) electrons. The summed E-state index contributed by atoms with van der Waals surface area (Å²) in [7, 11) is 0. The van der Waals surface area contributed by atoms with Gasteiger partial charge in [-0.15, -0.1) is 0 Å². The monoisotopic (exact) mass is 453 g/mol. The Hall–Kier alpha value is -3.46. The highest BCUT2D eigenvalue weighted by Gasteiger charge is 2.22. The van der Waals surface area contributed by atoms with Crippen LogP contribution in [0, 0.1) is 0 Å². The lowest BCUT2D eigenvalue weighted by atomic mass is 10.2. The Labute approximate surface area is 173 Å². The fraction of sp³-hybridized carbons (Fsp3) is 0.100. The van der Waals surface area contributed by atoms with Crippen molar-refractivity contribution >= 4 is 33.0 Å². The fourth-order valence-electron chi connectivity index (χ4n) is 3.07. The summed E-state index contributed by atoms with van der Waals surface area (Å²) >= 11 is 3.47. The van der Waals surface area contributed by atoms with Gasteiger partial charge in [0.15, 0.2) is 17.2 Å². The van der Waals surface area contributed by atoms with Crippen molar-refractivity contribution in [2.24, 2.45) is 5.73 Å². The molecule has 4 aromatic rings. The molecule has 2 heterocycles. The number of nitrogens with one attached hydrogen (secondary N) is 1. The highest BCUT2D eigenvalue weighted by molar-refractivity contribution is 9.10. The van der Waals surface area contributed by atoms with Crippen molar-refractivity contribution in [1.29, 1.82) is 0 Å². The lowest BCUT2D eigenvalue weighted by Crippen LogP contribution is -2.16. The molecule has 0 spiro atoms. The lowest BCUT2D eigenvalue weighted by molar-refractivity contribution is 0.0997. The molecular weight excluding hydrogens is 438 g/mol.